The maximum Gasteiger partial charge on any atom is 0.241 e. The summed E-state index contributed by atoms with van der Waals surface area (Å²) in [7, 11) is 0. The van der Waals surface area contributed by atoms with Gasteiger partial charge in [0.05, 0.1) is 0 Å². The van der Waals surface area contributed by atoms with Gasteiger partial charge in [-0.05, 0) is 37.5 Å². The molecule has 5 nitrogen and oxygen atoms in total. The fourth-order valence-electron chi connectivity index (χ4n) is 2.93. The summed E-state index contributed by atoms with van der Waals surface area (Å²) in [4.78, 5) is 20.0. The van der Waals surface area contributed by atoms with Gasteiger partial charge in [-0.2, -0.15) is 0 Å². The number of amides is 1. The van der Waals surface area contributed by atoms with E-state index in [0.29, 0.717) is 11.2 Å². The molecule has 1 unspecified atom stereocenters. The Morgan fingerprint density at radius 2 is 2.11 bits per heavy atom. The van der Waals surface area contributed by atoms with Crippen LogP contribution in [0.2, 0.25) is 5.15 Å². The molecule has 0 aromatic carbocycles. The van der Waals surface area contributed by atoms with Gasteiger partial charge in [-0.1, -0.05) is 18.0 Å². The first-order valence-corrected chi connectivity index (χ1v) is 7.09. The van der Waals surface area contributed by atoms with E-state index in [1.165, 1.54) is 31.7 Å². The largest absolute Gasteiger partial charge is 0.279 e. The highest BCUT2D eigenvalue weighted by molar-refractivity contribution is 6.31. The summed E-state index contributed by atoms with van der Waals surface area (Å²) in [6, 6.07) is 0. The molecule has 1 amide bonds. The van der Waals surface area contributed by atoms with Crippen LogP contribution in [0.3, 0.4) is 0 Å². The van der Waals surface area contributed by atoms with E-state index in [9.17, 15) is 4.79 Å². The predicted octanol–water partition coefficient (Wildman–Crippen LogP) is 2.54. The highest BCUT2D eigenvalue weighted by Crippen LogP contribution is 2.57. The first-order valence-electron chi connectivity index (χ1n) is 6.71. The van der Waals surface area contributed by atoms with Crippen molar-refractivity contribution < 1.29 is 4.79 Å². The lowest BCUT2D eigenvalue weighted by atomic mass is 9.79. The SMILES string of the molecule is O=C(NNc1nccnc1Cl)C1CCCC2(CC2)C1. The molecule has 2 fully saturated rings. The molecule has 1 aromatic heterocycles. The minimum Gasteiger partial charge on any atom is -0.279 e. The number of anilines is 1. The monoisotopic (exact) mass is 280 g/mol. The number of nitrogens with one attached hydrogen (secondary N) is 2. The van der Waals surface area contributed by atoms with Crippen LogP contribution in [0, 0.1) is 11.3 Å². The minimum absolute atomic E-state index is 0.0349. The molecule has 0 bridgehead atoms. The van der Waals surface area contributed by atoms with E-state index in [1.54, 1.807) is 0 Å². The van der Waals surface area contributed by atoms with Gasteiger partial charge in [0, 0.05) is 18.3 Å². The summed E-state index contributed by atoms with van der Waals surface area (Å²) >= 11 is 5.86. The maximum atomic E-state index is 12.1. The minimum atomic E-state index is 0.0349. The lowest BCUT2D eigenvalue weighted by Crippen LogP contribution is -2.37. The van der Waals surface area contributed by atoms with E-state index < -0.39 is 0 Å². The Morgan fingerprint density at radius 3 is 2.84 bits per heavy atom. The van der Waals surface area contributed by atoms with Gasteiger partial charge in [0.15, 0.2) is 11.0 Å². The summed E-state index contributed by atoms with van der Waals surface area (Å²) in [6.07, 6.45) is 10.1. The maximum absolute atomic E-state index is 12.1. The van der Waals surface area contributed by atoms with Crippen molar-refractivity contribution in [1.82, 2.24) is 15.4 Å². The number of hydrogen-bond donors (Lipinski definition) is 2. The van der Waals surface area contributed by atoms with E-state index in [1.807, 2.05) is 0 Å². The molecule has 1 aromatic rings. The molecule has 2 saturated carbocycles. The second kappa shape index (κ2) is 4.96. The molecular formula is C13H17ClN4O. The third-order valence-electron chi connectivity index (χ3n) is 4.22. The number of halogens is 1. The Kier molecular flexibility index (Phi) is 3.31. The zero-order valence-electron chi connectivity index (χ0n) is 10.7. The molecule has 3 rings (SSSR count). The van der Waals surface area contributed by atoms with Crippen molar-refractivity contribution in [3.8, 4) is 0 Å². The first kappa shape index (κ1) is 12.7. The molecule has 1 atom stereocenters. The number of hydrazine groups is 1. The molecule has 1 heterocycles. The average Bonchev–Trinajstić information content (AvgIpc) is 3.16. The molecule has 6 heteroatoms. The molecule has 0 saturated heterocycles. The molecular weight excluding hydrogens is 264 g/mol. The quantitative estimate of drug-likeness (QED) is 0.835. The highest BCUT2D eigenvalue weighted by Gasteiger charge is 2.47. The van der Waals surface area contributed by atoms with Gasteiger partial charge in [0.25, 0.3) is 0 Å². The van der Waals surface area contributed by atoms with Crippen LogP contribution < -0.4 is 10.9 Å². The zero-order valence-corrected chi connectivity index (χ0v) is 11.4. The summed E-state index contributed by atoms with van der Waals surface area (Å²) in [5.74, 6) is 0.529. The molecule has 19 heavy (non-hydrogen) atoms. The lowest BCUT2D eigenvalue weighted by molar-refractivity contribution is -0.126. The number of nitrogens with zero attached hydrogens (tertiary/aromatic N) is 2. The summed E-state index contributed by atoms with van der Waals surface area (Å²) in [5.41, 5.74) is 5.94. The van der Waals surface area contributed by atoms with Crippen molar-refractivity contribution in [2.24, 2.45) is 11.3 Å². The molecule has 1 spiro atoms. The smallest absolute Gasteiger partial charge is 0.241 e. The lowest BCUT2D eigenvalue weighted by Gasteiger charge is -2.28. The Balaban J connectivity index is 1.55. The van der Waals surface area contributed by atoms with E-state index >= 15 is 0 Å². The number of hydrogen-bond acceptors (Lipinski definition) is 4. The van der Waals surface area contributed by atoms with E-state index in [4.69, 9.17) is 11.6 Å². The van der Waals surface area contributed by atoms with Crippen molar-refractivity contribution in [2.75, 3.05) is 5.43 Å². The molecule has 0 aliphatic heterocycles. The summed E-state index contributed by atoms with van der Waals surface area (Å²) in [6.45, 7) is 0. The fraction of sp³-hybridized carbons (Fsp3) is 0.615. The third-order valence-corrected chi connectivity index (χ3v) is 4.50. The van der Waals surface area contributed by atoms with E-state index in [-0.39, 0.29) is 17.0 Å². The Morgan fingerprint density at radius 1 is 1.32 bits per heavy atom. The van der Waals surface area contributed by atoms with Crippen LogP contribution in [0.4, 0.5) is 5.82 Å². The number of aromatic nitrogens is 2. The number of rotatable bonds is 3. The topological polar surface area (TPSA) is 66.9 Å². The fourth-order valence-corrected chi connectivity index (χ4v) is 3.09. The first-order chi connectivity index (χ1) is 9.19. The van der Waals surface area contributed by atoms with Gasteiger partial charge < -0.3 is 0 Å². The van der Waals surface area contributed by atoms with Crippen LogP contribution in [-0.2, 0) is 4.79 Å². The Labute approximate surface area is 117 Å². The third kappa shape index (κ3) is 2.81. The molecule has 2 aliphatic carbocycles. The second-order valence-corrected chi connectivity index (χ2v) is 5.96. The standard InChI is InChI=1S/C13H17ClN4O/c14-10-11(16-7-6-15-10)17-18-12(19)9-2-1-3-13(8-9)4-5-13/h6-7,9H,1-5,8H2,(H,16,17)(H,18,19). The Hall–Kier alpha value is -1.36. The average molecular weight is 281 g/mol. The van der Waals surface area contributed by atoms with Gasteiger partial charge in [0.2, 0.25) is 5.91 Å². The molecule has 102 valence electrons. The molecule has 2 N–H and O–H groups in total. The Bertz CT molecular complexity index is 489. The highest BCUT2D eigenvalue weighted by atomic mass is 35.5. The van der Waals surface area contributed by atoms with Crippen molar-refractivity contribution in [2.45, 2.75) is 38.5 Å². The molecule has 2 aliphatic rings. The number of carbonyl (C=O) groups is 1. The van der Waals surface area contributed by atoms with Crippen molar-refractivity contribution in [3.63, 3.8) is 0 Å². The summed E-state index contributed by atoms with van der Waals surface area (Å²) < 4.78 is 0. The van der Waals surface area contributed by atoms with Crippen molar-refractivity contribution in [3.05, 3.63) is 17.5 Å². The van der Waals surface area contributed by atoms with Crippen LogP contribution in [0.5, 0.6) is 0 Å². The van der Waals surface area contributed by atoms with Crippen LogP contribution >= 0.6 is 11.6 Å². The van der Waals surface area contributed by atoms with Crippen LogP contribution in [0.25, 0.3) is 0 Å². The van der Waals surface area contributed by atoms with Gasteiger partial charge >= 0.3 is 0 Å². The second-order valence-electron chi connectivity index (χ2n) is 5.60. The van der Waals surface area contributed by atoms with Crippen LogP contribution in [0.1, 0.15) is 38.5 Å². The number of carbonyl (C=O) groups excluding carboxylic acids is 1. The van der Waals surface area contributed by atoms with Crippen LogP contribution in [0.15, 0.2) is 12.4 Å². The van der Waals surface area contributed by atoms with Gasteiger partial charge in [-0.15, -0.1) is 0 Å². The van der Waals surface area contributed by atoms with Gasteiger partial charge in [-0.25, -0.2) is 9.97 Å². The van der Waals surface area contributed by atoms with Crippen LogP contribution in [-0.4, -0.2) is 15.9 Å². The van der Waals surface area contributed by atoms with Crippen molar-refractivity contribution >= 4 is 23.3 Å². The van der Waals surface area contributed by atoms with Gasteiger partial charge in [-0.3, -0.25) is 15.6 Å². The summed E-state index contributed by atoms with van der Waals surface area (Å²) in [5, 5.41) is 0.255. The van der Waals surface area contributed by atoms with E-state index in [2.05, 4.69) is 20.8 Å². The predicted molar refractivity (Wildman–Crippen MR) is 72.4 cm³/mol. The van der Waals surface area contributed by atoms with Gasteiger partial charge in [0.1, 0.15) is 0 Å². The normalized spacial score (nSPS) is 23.9. The zero-order chi connectivity index (χ0) is 13.3. The molecule has 0 radical (unpaired) electrons. The van der Waals surface area contributed by atoms with Crippen molar-refractivity contribution in [1.29, 1.82) is 0 Å². The van der Waals surface area contributed by atoms with E-state index in [0.717, 1.165) is 19.3 Å².